The van der Waals surface area contributed by atoms with Gasteiger partial charge in [0.2, 0.25) is 10.0 Å². The molecule has 0 radical (unpaired) electrons. The Labute approximate surface area is 147 Å². The van der Waals surface area contributed by atoms with Gasteiger partial charge >= 0.3 is 0 Å². The molecule has 138 valence electrons. The Morgan fingerprint density at radius 2 is 1.76 bits per heavy atom. The van der Waals surface area contributed by atoms with Crippen LogP contribution in [-0.2, 0) is 39.9 Å². The summed E-state index contributed by atoms with van der Waals surface area (Å²) in [5.41, 5.74) is 1.07. The van der Waals surface area contributed by atoms with Gasteiger partial charge in [-0.1, -0.05) is 13.8 Å². The highest BCUT2D eigenvalue weighted by atomic mass is 32.2. The van der Waals surface area contributed by atoms with Crippen LogP contribution in [0, 0.1) is 0 Å². The second kappa shape index (κ2) is 7.10. The molecular weight excluding hydrogens is 366 g/mol. The van der Waals surface area contributed by atoms with Crippen LogP contribution in [0.25, 0.3) is 0 Å². The van der Waals surface area contributed by atoms with Crippen molar-refractivity contribution < 1.29 is 16.8 Å². The fourth-order valence-electron chi connectivity index (χ4n) is 2.44. The second-order valence-corrected chi connectivity index (χ2v) is 8.75. The van der Waals surface area contributed by atoms with Crippen molar-refractivity contribution in [1.82, 2.24) is 19.5 Å². The summed E-state index contributed by atoms with van der Waals surface area (Å²) in [5.74, 6) is 0.0306. The highest BCUT2D eigenvalue weighted by Gasteiger charge is 2.26. The van der Waals surface area contributed by atoms with Crippen molar-refractivity contribution >= 4 is 25.9 Å². The number of nitrogens with zero attached hydrogens (tertiary/aromatic N) is 3. The van der Waals surface area contributed by atoms with E-state index in [0.29, 0.717) is 24.2 Å². The van der Waals surface area contributed by atoms with Crippen molar-refractivity contribution in [3.05, 3.63) is 29.7 Å². The maximum Gasteiger partial charge on any atom is 0.266 e. The Hall–Kier alpha value is -1.98. The summed E-state index contributed by atoms with van der Waals surface area (Å²) in [6.45, 7) is 3.68. The summed E-state index contributed by atoms with van der Waals surface area (Å²) in [7, 11) is -4.54. The Morgan fingerprint density at radius 3 is 2.24 bits per heavy atom. The molecular formula is C14H21N5O4S2. The monoisotopic (exact) mass is 387 g/mol. The van der Waals surface area contributed by atoms with E-state index in [1.165, 1.54) is 19.2 Å². The lowest BCUT2D eigenvalue weighted by molar-refractivity contribution is 0.588. The largest absolute Gasteiger partial charge is 0.271 e. The fraction of sp³-hybridized carbons (Fsp3) is 0.429. The Balaban J connectivity index is 2.40. The molecule has 9 nitrogen and oxygen atoms in total. The quantitative estimate of drug-likeness (QED) is 0.719. The smallest absolute Gasteiger partial charge is 0.266 e. The molecule has 2 rings (SSSR count). The Morgan fingerprint density at radius 1 is 1.08 bits per heavy atom. The van der Waals surface area contributed by atoms with Crippen molar-refractivity contribution in [2.24, 2.45) is 7.05 Å². The van der Waals surface area contributed by atoms with Crippen molar-refractivity contribution in [2.45, 2.75) is 36.5 Å². The molecule has 0 saturated carbocycles. The van der Waals surface area contributed by atoms with Crippen LogP contribution in [0.3, 0.4) is 0 Å². The highest BCUT2D eigenvalue weighted by Crippen LogP contribution is 2.24. The third kappa shape index (κ3) is 3.83. The zero-order valence-corrected chi connectivity index (χ0v) is 16.1. The predicted octanol–water partition coefficient (Wildman–Crippen LogP) is 0.649. The van der Waals surface area contributed by atoms with E-state index in [-0.39, 0.29) is 15.6 Å². The number of anilines is 1. The van der Waals surface area contributed by atoms with Gasteiger partial charge in [-0.25, -0.2) is 26.5 Å². The SMILES string of the molecule is CCc1nn(C)c(CC)c1S(=O)(=O)Nc1ccc(S(=O)(=O)NC)cn1. The molecule has 2 aromatic rings. The molecule has 2 heterocycles. The second-order valence-electron chi connectivity index (χ2n) is 5.25. The lowest BCUT2D eigenvalue weighted by Crippen LogP contribution is -2.19. The van der Waals surface area contributed by atoms with Gasteiger partial charge in [0.05, 0.1) is 11.4 Å². The molecule has 11 heteroatoms. The molecule has 25 heavy (non-hydrogen) atoms. The van der Waals surface area contributed by atoms with Gasteiger partial charge in [0, 0.05) is 13.2 Å². The van der Waals surface area contributed by atoms with E-state index in [0.717, 1.165) is 6.20 Å². The molecule has 0 aliphatic rings. The predicted molar refractivity (Wildman–Crippen MR) is 93.3 cm³/mol. The van der Waals surface area contributed by atoms with Gasteiger partial charge in [-0.15, -0.1) is 0 Å². The molecule has 0 aliphatic heterocycles. The van der Waals surface area contributed by atoms with Gasteiger partial charge in [-0.3, -0.25) is 9.40 Å². The molecule has 0 fully saturated rings. The lowest BCUT2D eigenvalue weighted by Gasteiger charge is -2.10. The van der Waals surface area contributed by atoms with Gasteiger partial charge in [0.15, 0.2) is 0 Å². The Kier molecular flexibility index (Phi) is 5.49. The van der Waals surface area contributed by atoms with Crippen LogP contribution in [-0.4, -0.2) is 38.6 Å². The van der Waals surface area contributed by atoms with E-state index in [1.807, 2.05) is 13.8 Å². The average Bonchev–Trinajstić information content (AvgIpc) is 2.91. The molecule has 0 aliphatic carbocycles. The van der Waals surface area contributed by atoms with Crippen LogP contribution in [0.5, 0.6) is 0 Å². The van der Waals surface area contributed by atoms with Crippen molar-refractivity contribution in [3.63, 3.8) is 0 Å². The summed E-state index contributed by atoms with van der Waals surface area (Å²) in [6.07, 6.45) is 2.07. The minimum Gasteiger partial charge on any atom is -0.271 e. The van der Waals surface area contributed by atoms with Crippen LogP contribution >= 0.6 is 0 Å². The van der Waals surface area contributed by atoms with Crippen molar-refractivity contribution in [3.8, 4) is 0 Å². The van der Waals surface area contributed by atoms with Crippen LogP contribution in [0.2, 0.25) is 0 Å². The number of nitrogens with one attached hydrogen (secondary N) is 2. The normalized spacial score (nSPS) is 12.3. The van der Waals surface area contributed by atoms with Gasteiger partial charge in [-0.2, -0.15) is 5.10 Å². The summed E-state index contributed by atoms with van der Waals surface area (Å²) in [4.78, 5) is 3.98. The molecule has 2 aromatic heterocycles. The van der Waals surface area contributed by atoms with Crippen molar-refractivity contribution in [1.29, 1.82) is 0 Å². The lowest BCUT2D eigenvalue weighted by atomic mass is 10.2. The third-order valence-electron chi connectivity index (χ3n) is 3.68. The first kappa shape index (κ1) is 19.3. The first-order valence-electron chi connectivity index (χ1n) is 7.63. The van der Waals surface area contributed by atoms with Crippen LogP contribution < -0.4 is 9.44 Å². The summed E-state index contributed by atoms with van der Waals surface area (Å²) >= 11 is 0. The maximum absolute atomic E-state index is 12.8. The zero-order chi connectivity index (χ0) is 18.8. The molecule has 0 atom stereocenters. The van der Waals surface area contributed by atoms with Crippen molar-refractivity contribution in [2.75, 3.05) is 11.8 Å². The molecule has 0 unspecified atom stereocenters. The van der Waals surface area contributed by atoms with E-state index in [4.69, 9.17) is 0 Å². The standard InChI is InChI=1S/C14H21N5O4S2/c1-5-11-14(12(6-2)19(4)17-11)25(22,23)18-13-8-7-10(9-16-13)24(20,21)15-3/h7-9,15H,5-6H2,1-4H3,(H,16,18). The molecule has 0 spiro atoms. The minimum atomic E-state index is -3.89. The number of rotatable bonds is 7. The highest BCUT2D eigenvalue weighted by molar-refractivity contribution is 7.92. The van der Waals surface area contributed by atoms with E-state index < -0.39 is 20.0 Å². The average molecular weight is 387 g/mol. The number of sulfonamides is 2. The fourth-order valence-corrected chi connectivity index (χ4v) is 4.69. The number of aromatic nitrogens is 3. The molecule has 0 aromatic carbocycles. The number of pyridine rings is 1. The maximum atomic E-state index is 12.8. The first-order chi connectivity index (χ1) is 11.7. The van der Waals surface area contributed by atoms with Gasteiger partial charge in [0.25, 0.3) is 10.0 Å². The number of hydrogen-bond acceptors (Lipinski definition) is 6. The number of hydrogen-bond donors (Lipinski definition) is 2. The summed E-state index contributed by atoms with van der Waals surface area (Å²) < 4.78 is 55.0. The molecule has 0 saturated heterocycles. The van der Waals surface area contributed by atoms with E-state index in [9.17, 15) is 16.8 Å². The van der Waals surface area contributed by atoms with Crippen LogP contribution in [0.15, 0.2) is 28.1 Å². The Bertz CT molecular complexity index is 963. The molecule has 0 bridgehead atoms. The van der Waals surface area contributed by atoms with Gasteiger partial charge in [0.1, 0.15) is 15.6 Å². The molecule has 2 N–H and O–H groups in total. The zero-order valence-electron chi connectivity index (χ0n) is 14.4. The third-order valence-corrected chi connectivity index (χ3v) is 6.56. The van der Waals surface area contributed by atoms with Crippen LogP contribution in [0.1, 0.15) is 25.2 Å². The number of aryl methyl sites for hydroxylation is 2. The van der Waals surface area contributed by atoms with E-state index >= 15 is 0 Å². The summed E-state index contributed by atoms with van der Waals surface area (Å²) in [6, 6.07) is 2.58. The van der Waals surface area contributed by atoms with Crippen LogP contribution in [0.4, 0.5) is 5.82 Å². The van der Waals surface area contributed by atoms with Gasteiger partial charge < -0.3 is 0 Å². The van der Waals surface area contributed by atoms with E-state index in [2.05, 4.69) is 19.5 Å². The minimum absolute atomic E-state index is 0.0306. The van der Waals surface area contributed by atoms with E-state index in [1.54, 1.807) is 11.7 Å². The molecule has 0 amide bonds. The summed E-state index contributed by atoms with van der Waals surface area (Å²) in [5, 5.41) is 4.25. The van der Waals surface area contributed by atoms with Gasteiger partial charge in [-0.05, 0) is 32.0 Å². The topological polar surface area (TPSA) is 123 Å². The first-order valence-corrected chi connectivity index (χ1v) is 10.6.